The number of nitrogens with one attached hydrogen (secondary N) is 2. The van der Waals surface area contributed by atoms with Gasteiger partial charge in [0.2, 0.25) is 5.91 Å². The Hall–Kier alpha value is -1.26. The highest BCUT2D eigenvalue weighted by Gasteiger charge is 2.26. The zero-order valence-electron chi connectivity index (χ0n) is 13.9. The van der Waals surface area contributed by atoms with Crippen LogP contribution in [0.3, 0.4) is 0 Å². The Morgan fingerprint density at radius 1 is 1.26 bits per heavy atom. The number of halogens is 1. The quantitative estimate of drug-likeness (QED) is 0.891. The van der Waals surface area contributed by atoms with Gasteiger partial charge in [0.1, 0.15) is 6.04 Å². The summed E-state index contributed by atoms with van der Waals surface area (Å²) >= 11 is 0. The van der Waals surface area contributed by atoms with E-state index in [1.54, 1.807) is 0 Å². The maximum atomic E-state index is 12.7. The molecule has 1 amide bonds. The van der Waals surface area contributed by atoms with Crippen molar-refractivity contribution < 1.29 is 4.79 Å². The highest BCUT2D eigenvalue weighted by molar-refractivity contribution is 5.85. The molecule has 0 aromatic heterocycles. The average molecular weight is 338 g/mol. The molecular formula is C18H28ClN3O. The van der Waals surface area contributed by atoms with Crippen molar-refractivity contribution in [1.29, 1.82) is 0 Å². The van der Waals surface area contributed by atoms with Crippen LogP contribution in [-0.2, 0) is 11.3 Å². The van der Waals surface area contributed by atoms with Crippen molar-refractivity contribution in [2.75, 3.05) is 18.0 Å². The van der Waals surface area contributed by atoms with Crippen LogP contribution in [0.1, 0.15) is 44.6 Å². The third-order valence-corrected chi connectivity index (χ3v) is 4.94. The average Bonchev–Trinajstić information content (AvgIpc) is 2.77. The standard InChI is InChI=1S/C18H27N3O.ClH/c1-14(18(22)20-16-8-3-2-4-9-16)21-12-11-19-13-15-7-5-6-10-17(15)21;/h5-7,10,14,16,19H,2-4,8-9,11-13H2,1H3,(H,20,22);1H. The summed E-state index contributed by atoms with van der Waals surface area (Å²) in [5, 5.41) is 6.70. The molecule has 1 saturated carbocycles. The van der Waals surface area contributed by atoms with Crippen molar-refractivity contribution in [1.82, 2.24) is 10.6 Å². The summed E-state index contributed by atoms with van der Waals surface area (Å²) in [6.07, 6.45) is 6.08. The fraction of sp³-hybridized carbons (Fsp3) is 0.611. The first kappa shape index (κ1) is 18.1. The Bertz CT molecular complexity index is 517. The van der Waals surface area contributed by atoms with Gasteiger partial charge >= 0.3 is 0 Å². The number of para-hydroxylation sites is 1. The van der Waals surface area contributed by atoms with E-state index in [4.69, 9.17) is 0 Å². The minimum Gasteiger partial charge on any atom is -0.358 e. The minimum absolute atomic E-state index is 0. The molecule has 0 bridgehead atoms. The Morgan fingerprint density at radius 2 is 2.00 bits per heavy atom. The number of carbonyl (C=O) groups excluding carboxylic acids is 1. The number of fused-ring (bicyclic) bond motifs is 1. The van der Waals surface area contributed by atoms with Crippen molar-refractivity contribution in [3.63, 3.8) is 0 Å². The lowest BCUT2D eigenvalue weighted by Gasteiger charge is -2.32. The van der Waals surface area contributed by atoms with Gasteiger partial charge in [-0.1, -0.05) is 37.5 Å². The van der Waals surface area contributed by atoms with Gasteiger partial charge in [-0.15, -0.1) is 12.4 Å². The highest BCUT2D eigenvalue weighted by Crippen LogP contribution is 2.24. The third kappa shape index (κ3) is 4.39. The largest absolute Gasteiger partial charge is 0.358 e. The predicted octanol–water partition coefficient (Wildman–Crippen LogP) is 2.86. The Morgan fingerprint density at radius 3 is 2.78 bits per heavy atom. The van der Waals surface area contributed by atoms with E-state index in [2.05, 4.69) is 39.8 Å². The normalized spacial score (nSPS) is 20.0. The van der Waals surface area contributed by atoms with E-state index in [0.717, 1.165) is 32.5 Å². The molecule has 1 aliphatic heterocycles. The van der Waals surface area contributed by atoms with Gasteiger partial charge in [0.25, 0.3) is 0 Å². The molecular weight excluding hydrogens is 310 g/mol. The molecule has 0 spiro atoms. The number of anilines is 1. The number of nitrogens with zero attached hydrogens (tertiary/aromatic N) is 1. The maximum absolute atomic E-state index is 12.7. The SMILES string of the molecule is CC(C(=O)NC1CCCCC1)N1CCNCc2ccccc21.Cl. The first-order valence-electron chi connectivity index (χ1n) is 8.61. The molecule has 2 N–H and O–H groups in total. The Labute approximate surface area is 145 Å². The van der Waals surface area contributed by atoms with Crippen LogP contribution in [-0.4, -0.2) is 31.1 Å². The summed E-state index contributed by atoms with van der Waals surface area (Å²) in [6.45, 7) is 4.69. The van der Waals surface area contributed by atoms with Crippen molar-refractivity contribution >= 4 is 24.0 Å². The third-order valence-electron chi connectivity index (χ3n) is 4.94. The van der Waals surface area contributed by atoms with E-state index in [9.17, 15) is 4.79 Å². The maximum Gasteiger partial charge on any atom is 0.242 e. The van der Waals surface area contributed by atoms with Crippen LogP contribution in [0.2, 0.25) is 0 Å². The molecule has 1 aromatic carbocycles. The highest BCUT2D eigenvalue weighted by atomic mass is 35.5. The van der Waals surface area contributed by atoms with Crippen molar-refractivity contribution in [3.05, 3.63) is 29.8 Å². The van der Waals surface area contributed by atoms with Crippen LogP contribution in [0.25, 0.3) is 0 Å². The summed E-state index contributed by atoms with van der Waals surface area (Å²) in [6, 6.07) is 8.66. The molecule has 1 atom stereocenters. The van der Waals surface area contributed by atoms with Crippen LogP contribution in [0.5, 0.6) is 0 Å². The van der Waals surface area contributed by atoms with Gasteiger partial charge in [0.05, 0.1) is 0 Å². The second kappa shape index (κ2) is 8.55. The molecule has 1 heterocycles. The lowest BCUT2D eigenvalue weighted by molar-refractivity contribution is -0.123. The second-order valence-electron chi connectivity index (χ2n) is 6.52. The topological polar surface area (TPSA) is 44.4 Å². The van der Waals surface area contributed by atoms with E-state index in [0.29, 0.717) is 6.04 Å². The summed E-state index contributed by atoms with van der Waals surface area (Å²) in [5.41, 5.74) is 2.47. The molecule has 4 nitrogen and oxygen atoms in total. The first-order valence-corrected chi connectivity index (χ1v) is 8.61. The van der Waals surface area contributed by atoms with E-state index in [1.165, 1.54) is 30.5 Å². The molecule has 2 aliphatic rings. The summed E-state index contributed by atoms with van der Waals surface area (Å²) in [4.78, 5) is 14.9. The van der Waals surface area contributed by atoms with Crippen LogP contribution >= 0.6 is 12.4 Å². The summed E-state index contributed by atoms with van der Waals surface area (Å²) in [7, 11) is 0. The van der Waals surface area contributed by atoms with Gasteiger partial charge in [-0.3, -0.25) is 4.79 Å². The number of carbonyl (C=O) groups is 1. The molecule has 5 heteroatoms. The lowest BCUT2D eigenvalue weighted by atomic mass is 9.95. The summed E-state index contributed by atoms with van der Waals surface area (Å²) in [5.74, 6) is 0.170. The number of benzene rings is 1. The molecule has 23 heavy (non-hydrogen) atoms. The number of hydrogen-bond acceptors (Lipinski definition) is 3. The van der Waals surface area contributed by atoms with E-state index in [1.807, 2.05) is 6.92 Å². The van der Waals surface area contributed by atoms with Crippen LogP contribution in [0, 0.1) is 0 Å². The molecule has 0 saturated heterocycles. The zero-order chi connectivity index (χ0) is 15.4. The smallest absolute Gasteiger partial charge is 0.242 e. The predicted molar refractivity (Wildman–Crippen MR) is 97.2 cm³/mol. The zero-order valence-corrected chi connectivity index (χ0v) is 14.7. The van der Waals surface area contributed by atoms with Crippen molar-refractivity contribution in [2.45, 2.75) is 57.7 Å². The van der Waals surface area contributed by atoms with E-state index >= 15 is 0 Å². The molecule has 3 rings (SSSR count). The van der Waals surface area contributed by atoms with Gasteiger partial charge in [0, 0.05) is 31.4 Å². The Balaban J connectivity index is 0.00000192. The molecule has 128 valence electrons. The fourth-order valence-corrected chi connectivity index (χ4v) is 3.60. The van der Waals surface area contributed by atoms with Crippen LogP contribution in [0.15, 0.2) is 24.3 Å². The molecule has 1 aromatic rings. The molecule has 0 radical (unpaired) electrons. The van der Waals surface area contributed by atoms with Crippen molar-refractivity contribution in [3.8, 4) is 0 Å². The summed E-state index contributed by atoms with van der Waals surface area (Å²) < 4.78 is 0. The van der Waals surface area contributed by atoms with E-state index < -0.39 is 0 Å². The van der Waals surface area contributed by atoms with Crippen LogP contribution in [0.4, 0.5) is 5.69 Å². The second-order valence-corrected chi connectivity index (χ2v) is 6.52. The number of rotatable bonds is 3. The lowest BCUT2D eigenvalue weighted by Crippen LogP contribution is -2.49. The monoisotopic (exact) mass is 337 g/mol. The van der Waals surface area contributed by atoms with Crippen molar-refractivity contribution in [2.24, 2.45) is 0 Å². The Kier molecular flexibility index (Phi) is 6.72. The number of amides is 1. The van der Waals surface area contributed by atoms with Gasteiger partial charge in [-0.05, 0) is 31.4 Å². The van der Waals surface area contributed by atoms with Gasteiger partial charge in [0.15, 0.2) is 0 Å². The van der Waals surface area contributed by atoms with Crippen LogP contribution < -0.4 is 15.5 Å². The van der Waals surface area contributed by atoms with E-state index in [-0.39, 0.29) is 24.4 Å². The fourth-order valence-electron chi connectivity index (χ4n) is 3.60. The molecule has 1 unspecified atom stereocenters. The molecule has 1 fully saturated rings. The molecule has 1 aliphatic carbocycles. The minimum atomic E-state index is -0.122. The number of hydrogen-bond donors (Lipinski definition) is 2. The first-order chi connectivity index (χ1) is 10.8. The van der Waals surface area contributed by atoms with Gasteiger partial charge < -0.3 is 15.5 Å². The van der Waals surface area contributed by atoms with Gasteiger partial charge in [-0.2, -0.15) is 0 Å². The van der Waals surface area contributed by atoms with Gasteiger partial charge in [-0.25, -0.2) is 0 Å².